The number of carbonyl (C=O) groups excluding carboxylic acids is 1. The molecule has 90 valence electrons. The number of rotatable bonds is 6. The van der Waals surface area contributed by atoms with Gasteiger partial charge >= 0.3 is 0 Å². The van der Waals surface area contributed by atoms with Crippen molar-refractivity contribution in [1.82, 2.24) is 4.90 Å². The molecule has 1 aliphatic rings. The third kappa shape index (κ3) is 2.75. The lowest BCUT2D eigenvalue weighted by Crippen LogP contribution is -2.43. The van der Waals surface area contributed by atoms with Crippen molar-refractivity contribution in [3.05, 3.63) is 0 Å². The fourth-order valence-corrected chi connectivity index (χ4v) is 1.76. The van der Waals surface area contributed by atoms with Gasteiger partial charge in [-0.3, -0.25) is 4.79 Å². The molecule has 0 N–H and O–H groups in total. The normalized spacial score (nSPS) is 18.6. The second-order valence-corrected chi connectivity index (χ2v) is 4.88. The Bertz CT molecular complexity index is 291. The first-order chi connectivity index (χ1) is 7.59. The molecule has 0 spiro atoms. The summed E-state index contributed by atoms with van der Waals surface area (Å²) in [5, 5.41) is 9.13. The van der Waals surface area contributed by atoms with E-state index in [9.17, 15) is 4.79 Å². The van der Waals surface area contributed by atoms with Gasteiger partial charge in [-0.15, -0.1) is 0 Å². The summed E-state index contributed by atoms with van der Waals surface area (Å²) < 4.78 is 0. The van der Waals surface area contributed by atoms with E-state index in [-0.39, 0.29) is 5.91 Å². The van der Waals surface area contributed by atoms with Crippen LogP contribution in [0.3, 0.4) is 0 Å². The van der Waals surface area contributed by atoms with E-state index in [1.165, 1.54) is 0 Å². The van der Waals surface area contributed by atoms with Crippen LogP contribution in [0.5, 0.6) is 0 Å². The Morgan fingerprint density at radius 2 is 2.12 bits per heavy atom. The summed E-state index contributed by atoms with van der Waals surface area (Å²) >= 11 is 0. The fourth-order valence-electron chi connectivity index (χ4n) is 1.76. The molecular weight excluding hydrogens is 200 g/mol. The lowest BCUT2D eigenvalue weighted by Gasteiger charge is -2.29. The zero-order valence-electron chi connectivity index (χ0n) is 10.6. The first-order valence-electron chi connectivity index (χ1n) is 6.31. The smallest absolute Gasteiger partial charge is 0.242 e. The largest absolute Gasteiger partial charge is 0.338 e. The van der Waals surface area contributed by atoms with Crippen LogP contribution in [0.2, 0.25) is 0 Å². The molecule has 0 heterocycles. The van der Waals surface area contributed by atoms with Crippen LogP contribution in [0.1, 0.15) is 52.9 Å². The lowest BCUT2D eigenvalue weighted by atomic mass is 9.87. The first-order valence-corrected chi connectivity index (χ1v) is 6.31. The minimum atomic E-state index is -0.823. The second kappa shape index (κ2) is 5.34. The third-order valence-electron chi connectivity index (χ3n) is 3.43. The Hall–Kier alpha value is -1.04. The minimum absolute atomic E-state index is 0.0356. The highest BCUT2D eigenvalue weighted by Crippen LogP contribution is 2.32. The van der Waals surface area contributed by atoms with Gasteiger partial charge in [-0.05, 0) is 32.6 Å². The predicted molar refractivity (Wildman–Crippen MR) is 63.7 cm³/mol. The van der Waals surface area contributed by atoms with E-state index in [1.807, 2.05) is 11.8 Å². The van der Waals surface area contributed by atoms with Gasteiger partial charge in [0, 0.05) is 12.6 Å². The van der Waals surface area contributed by atoms with Crippen LogP contribution in [0.4, 0.5) is 0 Å². The molecule has 16 heavy (non-hydrogen) atoms. The molecule has 1 rings (SSSR count). The van der Waals surface area contributed by atoms with E-state index >= 15 is 0 Å². The molecule has 0 aromatic heterocycles. The summed E-state index contributed by atoms with van der Waals surface area (Å²) in [6, 6.07) is 2.59. The summed E-state index contributed by atoms with van der Waals surface area (Å²) in [5.74, 6) is 0.0356. The van der Waals surface area contributed by atoms with Crippen LogP contribution < -0.4 is 0 Å². The van der Waals surface area contributed by atoms with E-state index in [0.717, 1.165) is 32.2 Å². The summed E-state index contributed by atoms with van der Waals surface area (Å²) in [5.41, 5.74) is -0.823. The summed E-state index contributed by atoms with van der Waals surface area (Å²) in [7, 11) is 0. The van der Waals surface area contributed by atoms with Gasteiger partial charge in [-0.25, -0.2) is 0 Å². The van der Waals surface area contributed by atoms with Gasteiger partial charge in [-0.1, -0.05) is 20.3 Å². The Labute approximate surface area is 98.4 Å². The maximum Gasteiger partial charge on any atom is 0.242 e. The molecule has 0 aromatic rings. The zero-order valence-corrected chi connectivity index (χ0v) is 10.6. The zero-order chi connectivity index (χ0) is 12.2. The summed E-state index contributed by atoms with van der Waals surface area (Å²) in [6.45, 7) is 6.61. The Morgan fingerprint density at radius 1 is 1.50 bits per heavy atom. The van der Waals surface area contributed by atoms with Crippen LogP contribution in [0, 0.1) is 16.7 Å². The molecule has 0 aliphatic heterocycles. The molecule has 1 unspecified atom stereocenters. The van der Waals surface area contributed by atoms with Gasteiger partial charge in [-0.2, -0.15) is 5.26 Å². The van der Waals surface area contributed by atoms with Gasteiger partial charge < -0.3 is 4.90 Å². The van der Waals surface area contributed by atoms with Crippen molar-refractivity contribution in [2.45, 2.75) is 58.9 Å². The highest BCUT2D eigenvalue weighted by Gasteiger charge is 2.41. The number of nitriles is 1. The third-order valence-corrected chi connectivity index (χ3v) is 3.43. The van der Waals surface area contributed by atoms with E-state index in [4.69, 9.17) is 5.26 Å². The molecule has 1 atom stereocenters. The van der Waals surface area contributed by atoms with Crippen molar-refractivity contribution in [3.63, 3.8) is 0 Å². The van der Waals surface area contributed by atoms with Crippen LogP contribution in [0.15, 0.2) is 0 Å². The van der Waals surface area contributed by atoms with Crippen LogP contribution >= 0.6 is 0 Å². The van der Waals surface area contributed by atoms with Crippen molar-refractivity contribution in [2.75, 3.05) is 6.54 Å². The Balaban J connectivity index is 2.70. The molecule has 0 saturated heterocycles. The summed E-state index contributed by atoms with van der Waals surface area (Å²) in [4.78, 5) is 14.3. The van der Waals surface area contributed by atoms with Crippen molar-refractivity contribution in [2.24, 2.45) is 5.41 Å². The van der Waals surface area contributed by atoms with Gasteiger partial charge in [0.2, 0.25) is 5.91 Å². The van der Waals surface area contributed by atoms with E-state index in [1.54, 1.807) is 6.92 Å². The molecular formula is C13H22N2O. The molecule has 1 saturated carbocycles. The van der Waals surface area contributed by atoms with Gasteiger partial charge in [0.15, 0.2) is 0 Å². The maximum atomic E-state index is 12.3. The summed E-state index contributed by atoms with van der Waals surface area (Å²) in [6.07, 6.45) is 4.94. The van der Waals surface area contributed by atoms with Crippen LogP contribution in [-0.2, 0) is 4.79 Å². The van der Waals surface area contributed by atoms with Gasteiger partial charge in [0.1, 0.15) is 5.41 Å². The fraction of sp³-hybridized carbons (Fsp3) is 0.846. The molecule has 3 heteroatoms. The van der Waals surface area contributed by atoms with Crippen LogP contribution in [-0.4, -0.2) is 23.4 Å². The maximum absolute atomic E-state index is 12.3. The van der Waals surface area contributed by atoms with Gasteiger partial charge in [0.05, 0.1) is 6.07 Å². The molecule has 1 fully saturated rings. The van der Waals surface area contributed by atoms with Crippen molar-refractivity contribution in [1.29, 1.82) is 5.26 Å². The number of hydrogen-bond donors (Lipinski definition) is 0. The Morgan fingerprint density at radius 3 is 2.50 bits per heavy atom. The number of unbranched alkanes of at least 4 members (excludes halogenated alkanes) is 1. The highest BCUT2D eigenvalue weighted by atomic mass is 16.2. The SMILES string of the molecule is CCCCN(C(=O)C(C)(C#N)CC)C1CC1. The number of amides is 1. The topological polar surface area (TPSA) is 44.1 Å². The standard InChI is InChI=1S/C13H22N2O/c1-4-6-9-15(11-7-8-11)12(16)13(3,5-2)10-14/h11H,4-9H2,1-3H3. The Kier molecular flexibility index (Phi) is 4.35. The number of hydrogen-bond acceptors (Lipinski definition) is 2. The average Bonchev–Trinajstić information content (AvgIpc) is 3.12. The van der Waals surface area contributed by atoms with E-state index < -0.39 is 5.41 Å². The molecule has 1 aliphatic carbocycles. The lowest BCUT2D eigenvalue weighted by molar-refractivity contribution is -0.139. The molecule has 3 nitrogen and oxygen atoms in total. The van der Waals surface area contributed by atoms with Gasteiger partial charge in [0.25, 0.3) is 0 Å². The van der Waals surface area contributed by atoms with Crippen molar-refractivity contribution in [3.8, 4) is 6.07 Å². The number of carbonyl (C=O) groups is 1. The molecule has 0 radical (unpaired) electrons. The van der Waals surface area contributed by atoms with E-state index in [2.05, 4.69) is 13.0 Å². The second-order valence-electron chi connectivity index (χ2n) is 4.88. The quantitative estimate of drug-likeness (QED) is 0.693. The number of nitrogens with zero attached hydrogens (tertiary/aromatic N) is 2. The molecule has 0 bridgehead atoms. The van der Waals surface area contributed by atoms with E-state index in [0.29, 0.717) is 12.5 Å². The van der Waals surface area contributed by atoms with Crippen molar-refractivity contribution < 1.29 is 4.79 Å². The monoisotopic (exact) mass is 222 g/mol. The highest BCUT2D eigenvalue weighted by molar-refractivity contribution is 5.85. The minimum Gasteiger partial charge on any atom is -0.338 e. The predicted octanol–water partition coefficient (Wildman–Crippen LogP) is 2.72. The van der Waals surface area contributed by atoms with Crippen LogP contribution in [0.25, 0.3) is 0 Å². The molecule has 0 aromatic carbocycles. The molecule has 1 amide bonds. The van der Waals surface area contributed by atoms with Crippen molar-refractivity contribution >= 4 is 5.91 Å². The average molecular weight is 222 g/mol. The first kappa shape index (κ1) is 13.0.